The lowest BCUT2D eigenvalue weighted by molar-refractivity contribution is -0.147. The summed E-state index contributed by atoms with van der Waals surface area (Å²) in [7, 11) is 0. The van der Waals surface area contributed by atoms with E-state index in [0.717, 1.165) is 12.8 Å². The van der Waals surface area contributed by atoms with Gasteiger partial charge in [0.1, 0.15) is 0 Å². The van der Waals surface area contributed by atoms with Crippen molar-refractivity contribution in [2.24, 2.45) is 11.3 Å². The summed E-state index contributed by atoms with van der Waals surface area (Å²) < 4.78 is 0. The number of carboxylic acids is 1. The fraction of sp³-hybridized carbons (Fsp3) is 0.471. The van der Waals surface area contributed by atoms with Crippen LogP contribution in [0.3, 0.4) is 0 Å². The predicted octanol–water partition coefficient (Wildman–Crippen LogP) is 2.27. The summed E-state index contributed by atoms with van der Waals surface area (Å²) in [4.78, 5) is 34.6. The topological polar surface area (TPSA) is 95.5 Å². The molecule has 0 unspecified atom stereocenters. The zero-order valence-corrected chi connectivity index (χ0v) is 13.4. The zero-order chi connectivity index (χ0) is 17.0. The van der Waals surface area contributed by atoms with Crippen LogP contribution in [0.5, 0.6) is 0 Å². The Bertz CT molecular complexity index is 604. The highest BCUT2D eigenvalue weighted by Crippen LogP contribution is 2.30. The summed E-state index contributed by atoms with van der Waals surface area (Å²) >= 11 is 0. The predicted molar refractivity (Wildman–Crippen MR) is 86.2 cm³/mol. The van der Waals surface area contributed by atoms with E-state index in [1.54, 1.807) is 38.1 Å². The van der Waals surface area contributed by atoms with Gasteiger partial charge in [0.25, 0.3) is 5.91 Å². The van der Waals surface area contributed by atoms with Crippen LogP contribution in [-0.4, -0.2) is 29.4 Å². The third-order valence-electron chi connectivity index (χ3n) is 3.98. The van der Waals surface area contributed by atoms with Gasteiger partial charge in [0.2, 0.25) is 5.91 Å². The Hall–Kier alpha value is -2.37. The van der Waals surface area contributed by atoms with E-state index in [1.165, 1.54) is 0 Å². The van der Waals surface area contributed by atoms with E-state index in [1.807, 2.05) is 0 Å². The molecule has 0 saturated heterocycles. The van der Waals surface area contributed by atoms with E-state index in [2.05, 4.69) is 10.6 Å². The fourth-order valence-corrected chi connectivity index (χ4v) is 1.99. The van der Waals surface area contributed by atoms with Gasteiger partial charge in [-0.25, -0.2) is 0 Å². The Morgan fingerprint density at radius 2 is 1.78 bits per heavy atom. The molecule has 3 N–H and O–H groups in total. The standard InChI is InChI=1S/C17H22N2O4/c1-17(2,16(22)23)9-10-18-14(20)11-5-7-13(8-6-11)19-15(21)12-3-4-12/h5-8,12H,3-4,9-10H2,1-2H3,(H,18,20)(H,19,21)(H,22,23). The summed E-state index contributed by atoms with van der Waals surface area (Å²) in [5.41, 5.74) is 0.276. The van der Waals surface area contributed by atoms with Gasteiger partial charge >= 0.3 is 5.97 Å². The Kier molecular flexibility index (Phi) is 5.03. The number of anilines is 1. The maximum atomic E-state index is 12.0. The maximum Gasteiger partial charge on any atom is 0.309 e. The van der Waals surface area contributed by atoms with Crippen molar-refractivity contribution in [3.8, 4) is 0 Å². The average Bonchev–Trinajstić information content (AvgIpc) is 3.32. The Labute approximate surface area is 135 Å². The molecule has 1 saturated carbocycles. The Balaban J connectivity index is 1.82. The van der Waals surface area contributed by atoms with Crippen molar-refractivity contribution in [3.63, 3.8) is 0 Å². The molecule has 23 heavy (non-hydrogen) atoms. The van der Waals surface area contributed by atoms with Crippen molar-refractivity contribution < 1.29 is 19.5 Å². The van der Waals surface area contributed by atoms with Crippen molar-refractivity contribution in [2.75, 3.05) is 11.9 Å². The quantitative estimate of drug-likeness (QED) is 0.718. The highest BCUT2D eigenvalue weighted by Gasteiger charge is 2.29. The summed E-state index contributed by atoms with van der Waals surface area (Å²) in [5, 5.41) is 14.5. The van der Waals surface area contributed by atoms with Gasteiger partial charge in [-0.3, -0.25) is 14.4 Å². The molecule has 6 heteroatoms. The maximum absolute atomic E-state index is 12.0. The van der Waals surface area contributed by atoms with Gasteiger partial charge in [0, 0.05) is 23.7 Å². The van der Waals surface area contributed by atoms with Crippen LogP contribution in [0.25, 0.3) is 0 Å². The number of amides is 2. The molecule has 0 atom stereocenters. The monoisotopic (exact) mass is 318 g/mol. The molecule has 1 fully saturated rings. The number of hydrogen-bond acceptors (Lipinski definition) is 3. The molecule has 1 aromatic carbocycles. The van der Waals surface area contributed by atoms with Gasteiger partial charge in [-0.15, -0.1) is 0 Å². The van der Waals surface area contributed by atoms with E-state index in [0.29, 0.717) is 17.7 Å². The molecule has 0 radical (unpaired) electrons. The molecular formula is C17H22N2O4. The van der Waals surface area contributed by atoms with Gasteiger partial charge in [-0.1, -0.05) is 0 Å². The minimum atomic E-state index is -0.887. The number of hydrogen-bond donors (Lipinski definition) is 3. The molecule has 0 aromatic heterocycles. The Morgan fingerprint density at radius 1 is 1.17 bits per heavy atom. The van der Waals surface area contributed by atoms with Crippen LogP contribution < -0.4 is 10.6 Å². The molecule has 0 bridgehead atoms. The average molecular weight is 318 g/mol. The number of rotatable bonds is 7. The molecule has 1 aliphatic carbocycles. The highest BCUT2D eigenvalue weighted by atomic mass is 16.4. The lowest BCUT2D eigenvalue weighted by Crippen LogP contribution is -2.31. The van der Waals surface area contributed by atoms with Crippen LogP contribution >= 0.6 is 0 Å². The highest BCUT2D eigenvalue weighted by molar-refractivity contribution is 5.96. The van der Waals surface area contributed by atoms with Crippen molar-refractivity contribution in [2.45, 2.75) is 33.1 Å². The van der Waals surface area contributed by atoms with Crippen LogP contribution in [0, 0.1) is 11.3 Å². The van der Waals surface area contributed by atoms with Gasteiger partial charge in [-0.2, -0.15) is 0 Å². The summed E-state index contributed by atoms with van der Waals surface area (Å²) in [6.45, 7) is 3.54. The summed E-state index contributed by atoms with van der Waals surface area (Å²) in [6, 6.07) is 6.66. The van der Waals surface area contributed by atoms with Gasteiger partial charge in [-0.05, 0) is 57.4 Å². The van der Waals surface area contributed by atoms with Crippen molar-refractivity contribution in [3.05, 3.63) is 29.8 Å². The second kappa shape index (κ2) is 6.81. The third-order valence-corrected chi connectivity index (χ3v) is 3.98. The molecule has 0 heterocycles. The second-order valence-electron chi connectivity index (χ2n) is 6.54. The van der Waals surface area contributed by atoms with E-state index in [-0.39, 0.29) is 24.3 Å². The van der Waals surface area contributed by atoms with Gasteiger partial charge in [0.15, 0.2) is 0 Å². The second-order valence-corrected chi connectivity index (χ2v) is 6.54. The van der Waals surface area contributed by atoms with Crippen molar-refractivity contribution in [1.29, 1.82) is 0 Å². The van der Waals surface area contributed by atoms with Crippen LogP contribution in [0.4, 0.5) is 5.69 Å². The molecular weight excluding hydrogens is 296 g/mol. The first kappa shape index (κ1) is 17.0. The molecule has 0 aliphatic heterocycles. The van der Waals surface area contributed by atoms with Crippen LogP contribution in [0.1, 0.15) is 43.5 Å². The smallest absolute Gasteiger partial charge is 0.309 e. The molecule has 2 rings (SSSR count). The largest absolute Gasteiger partial charge is 0.481 e. The summed E-state index contributed by atoms with van der Waals surface area (Å²) in [5.74, 6) is -0.984. The van der Waals surface area contributed by atoms with Gasteiger partial charge < -0.3 is 15.7 Å². The molecule has 1 aromatic rings. The normalized spacial score (nSPS) is 14.2. The number of carboxylic acid groups (broad SMARTS) is 1. The Morgan fingerprint density at radius 3 is 2.30 bits per heavy atom. The molecule has 0 spiro atoms. The first-order valence-electron chi connectivity index (χ1n) is 7.72. The van der Waals surface area contributed by atoms with Crippen LogP contribution in [0.2, 0.25) is 0 Å². The first-order chi connectivity index (χ1) is 10.8. The number of aliphatic carboxylic acids is 1. The molecule has 1 aliphatic rings. The zero-order valence-electron chi connectivity index (χ0n) is 13.4. The fourth-order valence-electron chi connectivity index (χ4n) is 1.99. The van der Waals surface area contributed by atoms with E-state index in [9.17, 15) is 14.4 Å². The summed E-state index contributed by atoms with van der Waals surface area (Å²) in [6.07, 6.45) is 2.24. The molecule has 2 amide bonds. The van der Waals surface area contributed by atoms with E-state index in [4.69, 9.17) is 5.11 Å². The number of benzene rings is 1. The molecule has 124 valence electrons. The van der Waals surface area contributed by atoms with E-state index >= 15 is 0 Å². The van der Waals surface area contributed by atoms with E-state index < -0.39 is 11.4 Å². The number of nitrogens with one attached hydrogen (secondary N) is 2. The molecule has 6 nitrogen and oxygen atoms in total. The SMILES string of the molecule is CC(C)(CCNC(=O)c1ccc(NC(=O)C2CC2)cc1)C(=O)O. The number of carbonyl (C=O) groups is 3. The first-order valence-corrected chi connectivity index (χ1v) is 7.72. The minimum absolute atomic E-state index is 0.0260. The van der Waals surface area contributed by atoms with Gasteiger partial charge in [0.05, 0.1) is 5.41 Å². The van der Waals surface area contributed by atoms with Crippen molar-refractivity contribution in [1.82, 2.24) is 5.32 Å². The third kappa shape index (κ3) is 4.81. The van der Waals surface area contributed by atoms with Crippen molar-refractivity contribution >= 4 is 23.5 Å². The van der Waals surface area contributed by atoms with Crippen LogP contribution in [0.15, 0.2) is 24.3 Å². The lowest BCUT2D eigenvalue weighted by atomic mass is 9.90. The van der Waals surface area contributed by atoms with Crippen LogP contribution in [-0.2, 0) is 9.59 Å². The lowest BCUT2D eigenvalue weighted by Gasteiger charge is -2.18. The minimum Gasteiger partial charge on any atom is -0.481 e. The number of carbonyl (C=O) groups excluding carboxylic acids is 2.